The minimum Gasteiger partial charge on any atom is -0.481 e. The predicted molar refractivity (Wildman–Crippen MR) is 47.3 cm³/mol. The highest BCUT2D eigenvalue weighted by atomic mass is 16.5. The Morgan fingerprint density at radius 1 is 1.38 bits per heavy atom. The Labute approximate surface area is 77.9 Å². The minimum atomic E-state index is -0.956. The van der Waals surface area contributed by atoms with Crippen molar-refractivity contribution in [2.24, 2.45) is 5.41 Å². The highest BCUT2D eigenvalue weighted by molar-refractivity contribution is 5.76. The quantitative estimate of drug-likeness (QED) is 0.663. The van der Waals surface area contributed by atoms with E-state index < -0.39 is 11.4 Å². The lowest BCUT2D eigenvalue weighted by molar-refractivity contribution is -0.155. The lowest BCUT2D eigenvalue weighted by Crippen LogP contribution is -2.26. The number of carboxylic acids is 1. The monoisotopic (exact) mass is 188 g/mol. The summed E-state index contributed by atoms with van der Waals surface area (Å²) in [7, 11) is 0. The number of carbonyl (C=O) groups excluding carboxylic acids is 1. The van der Waals surface area contributed by atoms with E-state index in [2.05, 4.69) is 0 Å². The standard InChI is InChI=1S/C9H16O4/c1-4-9(2,3)8(12)13-6-5-7(10)11/h4-6H2,1-3H3,(H,10,11). The van der Waals surface area contributed by atoms with Crippen LogP contribution >= 0.6 is 0 Å². The number of ether oxygens (including phenoxy) is 1. The molecule has 1 N–H and O–H groups in total. The molecule has 0 aliphatic heterocycles. The number of hydrogen-bond donors (Lipinski definition) is 1. The highest BCUT2D eigenvalue weighted by Crippen LogP contribution is 2.21. The molecule has 0 aromatic heterocycles. The summed E-state index contributed by atoms with van der Waals surface area (Å²) in [6.45, 7) is 5.39. The van der Waals surface area contributed by atoms with Gasteiger partial charge in [-0.3, -0.25) is 9.59 Å². The summed E-state index contributed by atoms with van der Waals surface area (Å²) in [5, 5.41) is 8.30. The molecule has 4 nitrogen and oxygen atoms in total. The number of aliphatic carboxylic acids is 1. The highest BCUT2D eigenvalue weighted by Gasteiger charge is 2.26. The van der Waals surface area contributed by atoms with Crippen LogP contribution in [-0.2, 0) is 14.3 Å². The second-order valence-electron chi connectivity index (χ2n) is 3.52. The smallest absolute Gasteiger partial charge is 0.311 e. The number of carbonyl (C=O) groups is 2. The lowest BCUT2D eigenvalue weighted by Gasteiger charge is -2.19. The zero-order valence-corrected chi connectivity index (χ0v) is 8.29. The molecule has 4 heteroatoms. The van der Waals surface area contributed by atoms with Gasteiger partial charge in [0.15, 0.2) is 0 Å². The first kappa shape index (κ1) is 11.9. The van der Waals surface area contributed by atoms with E-state index in [1.807, 2.05) is 6.92 Å². The van der Waals surface area contributed by atoms with Crippen LogP contribution in [0.4, 0.5) is 0 Å². The first-order valence-corrected chi connectivity index (χ1v) is 4.29. The second kappa shape index (κ2) is 4.84. The Bertz CT molecular complexity index is 196. The molecule has 0 heterocycles. The van der Waals surface area contributed by atoms with Gasteiger partial charge in [-0.15, -0.1) is 0 Å². The summed E-state index contributed by atoms with van der Waals surface area (Å²) in [6, 6.07) is 0. The Hall–Kier alpha value is -1.06. The third-order valence-electron chi connectivity index (χ3n) is 1.99. The maximum atomic E-state index is 11.3. The van der Waals surface area contributed by atoms with Gasteiger partial charge in [0.25, 0.3) is 0 Å². The number of rotatable bonds is 5. The van der Waals surface area contributed by atoms with Crippen molar-refractivity contribution < 1.29 is 19.4 Å². The van der Waals surface area contributed by atoms with Crippen LogP contribution in [0, 0.1) is 5.41 Å². The average molecular weight is 188 g/mol. The third-order valence-corrected chi connectivity index (χ3v) is 1.99. The van der Waals surface area contributed by atoms with Gasteiger partial charge >= 0.3 is 11.9 Å². The maximum absolute atomic E-state index is 11.3. The molecular weight excluding hydrogens is 172 g/mol. The third kappa shape index (κ3) is 4.50. The molecule has 0 spiro atoms. The van der Waals surface area contributed by atoms with Crippen LogP contribution in [0.1, 0.15) is 33.6 Å². The van der Waals surface area contributed by atoms with Gasteiger partial charge in [-0.2, -0.15) is 0 Å². The van der Waals surface area contributed by atoms with E-state index in [0.717, 1.165) is 0 Å². The SMILES string of the molecule is CCC(C)(C)C(=O)OCCC(=O)O. The first-order chi connectivity index (χ1) is 5.90. The van der Waals surface area contributed by atoms with Crippen LogP contribution in [-0.4, -0.2) is 23.7 Å². The van der Waals surface area contributed by atoms with Crippen LogP contribution in [0.25, 0.3) is 0 Å². The molecule has 76 valence electrons. The number of esters is 1. The molecular formula is C9H16O4. The fraction of sp³-hybridized carbons (Fsp3) is 0.778. The fourth-order valence-electron chi connectivity index (χ4n) is 0.571. The van der Waals surface area contributed by atoms with E-state index in [-0.39, 0.29) is 19.0 Å². The van der Waals surface area contributed by atoms with Crippen molar-refractivity contribution in [2.45, 2.75) is 33.6 Å². The normalized spacial score (nSPS) is 11.0. The zero-order chi connectivity index (χ0) is 10.5. The zero-order valence-electron chi connectivity index (χ0n) is 8.29. The van der Waals surface area contributed by atoms with Gasteiger partial charge in [-0.05, 0) is 20.3 Å². The minimum absolute atomic E-state index is 0.0441. The van der Waals surface area contributed by atoms with Gasteiger partial charge in [-0.25, -0.2) is 0 Å². The summed E-state index contributed by atoms with van der Waals surface area (Å²) in [5.74, 6) is -1.29. The first-order valence-electron chi connectivity index (χ1n) is 4.29. The van der Waals surface area contributed by atoms with Gasteiger partial charge in [0, 0.05) is 0 Å². The van der Waals surface area contributed by atoms with Crippen molar-refractivity contribution in [1.29, 1.82) is 0 Å². The molecule has 0 aliphatic rings. The van der Waals surface area contributed by atoms with Crippen molar-refractivity contribution in [1.82, 2.24) is 0 Å². The molecule has 0 aromatic carbocycles. The Morgan fingerprint density at radius 3 is 2.31 bits per heavy atom. The molecule has 0 unspecified atom stereocenters. The fourth-order valence-corrected chi connectivity index (χ4v) is 0.571. The van der Waals surface area contributed by atoms with E-state index >= 15 is 0 Å². The molecule has 0 saturated carbocycles. The summed E-state index contributed by atoms with van der Waals surface area (Å²) in [6.07, 6.45) is 0.546. The van der Waals surface area contributed by atoms with Gasteiger partial charge in [-0.1, -0.05) is 6.92 Å². The predicted octanol–water partition coefficient (Wildman–Crippen LogP) is 1.44. The van der Waals surface area contributed by atoms with Gasteiger partial charge in [0.1, 0.15) is 6.61 Å². The summed E-state index contributed by atoms with van der Waals surface area (Å²) in [4.78, 5) is 21.4. The topological polar surface area (TPSA) is 63.6 Å². The Kier molecular flexibility index (Phi) is 4.45. The summed E-state index contributed by atoms with van der Waals surface area (Å²) in [5.41, 5.74) is -0.515. The molecule has 13 heavy (non-hydrogen) atoms. The van der Waals surface area contributed by atoms with Crippen molar-refractivity contribution in [3.05, 3.63) is 0 Å². The lowest BCUT2D eigenvalue weighted by atomic mass is 9.91. The van der Waals surface area contributed by atoms with Crippen molar-refractivity contribution in [3.8, 4) is 0 Å². The van der Waals surface area contributed by atoms with E-state index in [1.54, 1.807) is 13.8 Å². The van der Waals surface area contributed by atoms with Crippen LogP contribution in [0.5, 0.6) is 0 Å². The number of carboxylic acid groups (broad SMARTS) is 1. The number of hydrogen-bond acceptors (Lipinski definition) is 3. The van der Waals surface area contributed by atoms with Crippen molar-refractivity contribution in [2.75, 3.05) is 6.61 Å². The van der Waals surface area contributed by atoms with Crippen LogP contribution in [0.3, 0.4) is 0 Å². The largest absolute Gasteiger partial charge is 0.481 e. The Morgan fingerprint density at radius 2 is 1.92 bits per heavy atom. The molecule has 0 atom stereocenters. The van der Waals surface area contributed by atoms with E-state index in [4.69, 9.17) is 9.84 Å². The molecule has 0 saturated heterocycles. The Balaban J connectivity index is 3.81. The maximum Gasteiger partial charge on any atom is 0.311 e. The molecule has 0 amide bonds. The molecule has 0 aromatic rings. The molecule has 0 fully saturated rings. The van der Waals surface area contributed by atoms with Gasteiger partial charge in [0.2, 0.25) is 0 Å². The van der Waals surface area contributed by atoms with Crippen LogP contribution in [0.15, 0.2) is 0 Å². The van der Waals surface area contributed by atoms with Crippen LogP contribution < -0.4 is 0 Å². The molecule has 0 radical (unpaired) electrons. The summed E-state index contributed by atoms with van der Waals surface area (Å²) >= 11 is 0. The average Bonchev–Trinajstić information content (AvgIpc) is 2.03. The van der Waals surface area contributed by atoms with Crippen molar-refractivity contribution >= 4 is 11.9 Å². The molecule has 0 rings (SSSR count). The van der Waals surface area contributed by atoms with Gasteiger partial charge < -0.3 is 9.84 Å². The molecule has 0 bridgehead atoms. The van der Waals surface area contributed by atoms with E-state index in [0.29, 0.717) is 6.42 Å². The van der Waals surface area contributed by atoms with Crippen LogP contribution in [0.2, 0.25) is 0 Å². The second-order valence-corrected chi connectivity index (χ2v) is 3.52. The molecule has 0 aliphatic carbocycles. The van der Waals surface area contributed by atoms with Crippen molar-refractivity contribution in [3.63, 3.8) is 0 Å². The van der Waals surface area contributed by atoms with E-state index in [1.165, 1.54) is 0 Å². The summed E-state index contributed by atoms with van der Waals surface area (Å²) < 4.78 is 4.79. The van der Waals surface area contributed by atoms with Gasteiger partial charge in [0.05, 0.1) is 11.8 Å². The van der Waals surface area contributed by atoms with E-state index in [9.17, 15) is 9.59 Å².